The van der Waals surface area contributed by atoms with E-state index < -0.39 is 11.8 Å². The van der Waals surface area contributed by atoms with Crippen molar-refractivity contribution in [3.63, 3.8) is 0 Å². The molecule has 0 bridgehead atoms. The van der Waals surface area contributed by atoms with E-state index >= 15 is 0 Å². The highest BCUT2D eigenvalue weighted by Gasteiger charge is 2.08. The van der Waals surface area contributed by atoms with Crippen molar-refractivity contribution in [2.75, 3.05) is 0 Å². The van der Waals surface area contributed by atoms with Gasteiger partial charge in [-0.1, -0.05) is 0 Å². The number of primary amides is 2. The average Bonchev–Trinajstić information content (AvgIpc) is 2.48. The molecule has 0 spiro atoms. The molecule has 2 aromatic heterocycles. The molecule has 0 saturated carbocycles. The third-order valence-electron chi connectivity index (χ3n) is 3.18. The van der Waals surface area contributed by atoms with Gasteiger partial charge in [0.2, 0.25) is 11.8 Å². The fourth-order valence-corrected chi connectivity index (χ4v) is 1.98. The molecule has 2 aromatic rings. The summed E-state index contributed by atoms with van der Waals surface area (Å²) in [6, 6.07) is 6.82. The fraction of sp³-hybridized carbons (Fsp3) is 0.200. The Morgan fingerprint density at radius 2 is 1.04 bits per heavy atom. The van der Waals surface area contributed by atoms with E-state index in [0.717, 1.165) is 19.5 Å². The number of carbonyl (C=O) groups excluding carboxylic acids is 2. The van der Waals surface area contributed by atoms with E-state index in [2.05, 4.69) is 0 Å². The number of rotatable bonds is 6. The van der Waals surface area contributed by atoms with Crippen LogP contribution >= 0.6 is 0 Å². The van der Waals surface area contributed by atoms with E-state index in [9.17, 15) is 9.59 Å². The molecule has 0 radical (unpaired) electrons. The Bertz CT molecular complexity index is 588. The molecule has 0 aliphatic heterocycles. The molecule has 0 unspecified atom stereocenters. The van der Waals surface area contributed by atoms with E-state index in [0.29, 0.717) is 11.1 Å². The maximum Gasteiger partial charge on any atom is 0.249 e. The minimum Gasteiger partial charge on any atom is -1.00 e. The Balaban J connectivity index is 0.00000242. The minimum atomic E-state index is -0.424. The first-order chi connectivity index (χ1) is 10.1. The minimum absolute atomic E-state index is 0. The van der Waals surface area contributed by atoms with E-state index in [1.54, 1.807) is 24.3 Å². The van der Waals surface area contributed by atoms with Gasteiger partial charge in [0.15, 0.2) is 37.9 Å². The van der Waals surface area contributed by atoms with Crippen molar-refractivity contribution in [3.8, 4) is 0 Å². The zero-order valence-electron chi connectivity index (χ0n) is 12.4. The standard InChI is InChI=1S/C15H16N4O2.2BrH/c16-14(20)12-2-8-18(9-3-12)6-1-7-19-10-4-13(5-11-19)15(17)21;;/h2-5,8-11H,1,6-7H2,(H2-2,16,17,20,21);2*1H. The van der Waals surface area contributed by atoms with E-state index in [1.807, 2.05) is 33.9 Å². The number of halogens is 2. The van der Waals surface area contributed by atoms with E-state index in [1.165, 1.54) is 0 Å². The van der Waals surface area contributed by atoms with Crippen molar-refractivity contribution in [2.45, 2.75) is 19.5 Å². The summed E-state index contributed by atoms with van der Waals surface area (Å²) in [4.78, 5) is 21.9. The molecule has 23 heavy (non-hydrogen) atoms. The monoisotopic (exact) mass is 444 g/mol. The topological polar surface area (TPSA) is 93.9 Å². The Morgan fingerprint density at radius 3 is 1.30 bits per heavy atom. The van der Waals surface area contributed by atoms with Crippen LogP contribution in [0.15, 0.2) is 49.1 Å². The SMILES string of the molecule is NC(=O)c1cc[n+](CCC[n+]2ccc(C(N)=O)cc2)cc1.[Br-].[Br-]. The number of pyridine rings is 2. The molecular formula is C15H18Br2N4O2. The lowest BCUT2D eigenvalue weighted by molar-refractivity contribution is -0.726. The van der Waals surface area contributed by atoms with Crippen LogP contribution in [-0.2, 0) is 13.1 Å². The van der Waals surface area contributed by atoms with Crippen molar-refractivity contribution in [3.05, 3.63) is 60.2 Å². The summed E-state index contributed by atoms with van der Waals surface area (Å²) in [6.45, 7) is 1.65. The summed E-state index contributed by atoms with van der Waals surface area (Å²) < 4.78 is 3.98. The average molecular weight is 446 g/mol. The van der Waals surface area contributed by atoms with Crippen LogP contribution in [0.25, 0.3) is 0 Å². The predicted molar refractivity (Wildman–Crippen MR) is 74.9 cm³/mol. The lowest BCUT2D eigenvalue weighted by Crippen LogP contribution is -3.00. The number of amides is 2. The highest BCUT2D eigenvalue weighted by atomic mass is 79.9. The third-order valence-corrected chi connectivity index (χ3v) is 3.18. The van der Waals surface area contributed by atoms with Crippen LogP contribution in [0.3, 0.4) is 0 Å². The first-order valence-electron chi connectivity index (χ1n) is 6.64. The van der Waals surface area contributed by atoms with Gasteiger partial charge in [0.05, 0.1) is 17.5 Å². The first-order valence-corrected chi connectivity index (χ1v) is 6.64. The number of hydrogen-bond donors (Lipinski definition) is 2. The van der Waals surface area contributed by atoms with Crippen molar-refractivity contribution in [1.82, 2.24) is 0 Å². The Labute approximate surface area is 155 Å². The second-order valence-electron chi connectivity index (χ2n) is 4.73. The Kier molecular flexibility index (Phi) is 9.28. The molecule has 0 saturated heterocycles. The zero-order chi connectivity index (χ0) is 15.2. The predicted octanol–water partition coefficient (Wildman–Crippen LogP) is -6.44. The van der Waals surface area contributed by atoms with Gasteiger partial charge >= 0.3 is 0 Å². The molecule has 0 aromatic carbocycles. The van der Waals surface area contributed by atoms with Gasteiger partial charge in [-0.15, -0.1) is 0 Å². The normalized spacial score (nSPS) is 9.39. The highest BCUT2D eigenvalue weighted by molar-refractivity contribution is 5.92. The molecule has 2 heterocycles. The molecule has 4 N–H and O–H groups in total. The molecule has 2 rings (SSSR count). The zero-order valence-corrected chi connectivity index (χ0v) is 15.5. The van der Waals surface area contributed by atoms with Crippen molar-refractivity contribution in [1.29, 1.82) is 0 Å². The highest BCUT2D eigenvalue weighted by Crippen LogP contribution is 1.94. The van der Waals surface area contributed by atoms with Crippen LogP contribution in [0.4, 0.5) is 0 Å². The molecule has 124 valence electrons. The summed E-state index contributed by atoms with van der Waals surface area (Å²) in [5.74, 6) is -0.848. The van der Waals surface area contributed by atoms with Gasteiger partial charge in [0, 0.05) is 24.3 Å². The first kappa shape index (κ1) is 21.2. The van der Waals surface area contributed by atoms with Gasteiger partial charge in [-0.3, -0.25) is 9.59 Å². The lowest BCUT2D eigenvalue weighted by atomic mass is 10.2. The van der Waals surface area contributed by atoms with Crippen LogP contribution in [-0.4, -0.2) is 11.8 Å². The van der Waals surface area contributed by atoms with E-state index in [4.69, 9.17) is 11.5 Å². The maximum atomic E-state index is 11.0. The third kappa shape index (κ3) is 6.45. The van der Waals surface area contributed by atoms with Gasteiger partial charge < -0.3 is 45.4 Å². The number of carbonyl (C=O) groups is 2. The maximum absolute atomic E-state index is 11.0. The number of nitrogens with two attached hydrogens (primary N) is 2. The smallest absolute Gasteiger partial charge is 0.249 e. The largest absolute Gasteiger partial charge is 1.00 e. The van der Waals surface area contributed by atoms with Gasteiger partial charge in [-0.05, 0) is 0 Å². The van der Waals surface area contributed by atoms with Gasteiger partial charge in [-0.2, -0.15) is 0 Å². The molecule has 2 amide bonds. The summed E-state index contributed by atoms with van der Waals surface area (Å²) in [6.07, 6.45) is 8.25. The molecule has 8 heteroatoms. The Morgan fingerprint density at radius 1 is 0.739 bits per heavy atom. The summed E-state index contributed by atoms with van der Waals surface area (Å²) in [5.41, 5.74) is 11.4. The molecule has 0 aliphatic carbocycles. The molecule has 0 atom stereocenters. The van der Waals surface area contributed by atoms with Crippen LogP contribution in [0.1, 0.15) is 27.1 Å². The summed E-state index contributed by atoms with van der Waals surface area (Å²) >= 11 is 0. The molecule has 0 fully saturated rings. The summed E-state index contributed by atoms with van der Waals surface area (Å²) in [5, 5.41) is 0. The molecule has 6 nitrogen and oxygen atoms in total. The van der Waals surface area contributed by atoms with Crippen LogP contribution < -0.4 is 54.6 Å². The van der Waals surface area contributed by atoms with E-state index in [-0.39, 0.29) is 34.0 Å². The van der Waals surface area contributed by atoms with Crippen molar-refractivity contribution < 1.29 is 52.7 Å². The quantitative estimate of drug-likeness (QED) is 0.433. The van der Waals surface area contributed by atoms with Crippen LogP contribution in [0.5, 0.6) is 0 Å². The molecule has 0 aliphatic rings. The lowest BCUT2D eigenvalue weighted by Gasteiger charge is -1.98. The summed E-state index contributed by atoms with van der Waals surface area (Å²) in [7, 11) is 0. The number of aryl methyl sites for hydroxylation is 2. The second-order valence-corrected chi connectivity index (χ2v) is 4.73. The van der Waals surface area contributed by atoms with Gasteiger partial charge in [0.25, 0.3) is 0 Å². The van der Waals surface area contributed by atoms with Crippen molar-refractivity contribution in [2.24, 2.45) is 11.5 Å². The fourth-order valence-electron chi connectivity index (χ4n) is 1.98. The van der Waals surface area contributed by atoms with Gasteiger partial charge in [0.1, 0.15) is 0 Å². The number of nitrogens with zero attached hydrogens (tertiary/aromatic N) is 2. The van der Waals surface area contributed by atoms with Crippen molar-refractivity contribution >= 4 is 11.8 Å². The van der Waals surface area contributed by atoms with Crippen LogP contribution in [0.2, 0.25) is 0 Å². The molecular weight excluding hydrogens is 428 g/mol. The Hall–Kier alpha value is -1.80. The van der Waals surface area contributed by atoms with Gasteiger partial charge in [-0.25, -0.2) is 9.13 Å². The van der Waals surface area contributed by atoms with Crippen LogP contribution in [0, 0.1) is 0 Å². The number of aromatic nitrogens is 2. The second kappa shape index (κ2) is 10.1. The number of hydrogen-bond acceptors (Lipinski definition) is 2.